The molecule has 1 aliphatic heterocycles. The minimum Gasteiger partial charge on any atom is -0.362 e. The second-order valence-corrected chi connectivity index (χ2v) is 6.07. The zero-order valence-electron chi connectivity index (χ0n) is 13.5. The normalized spacial score (nSPS) is 20.5. The first-order valence-corrected chi connectivity index (χ1v) is 7.96. The van der Waals surface area contributed by atoms with Crippen molar-refractivity contribution in [3.8, 4) is 0 Å². The summed E-state index contributed by atoms with van der Waals surface area (Å²) in [5, 5.41) is 16.0. The maximum Gasteiger partial charge on any atom is 0.438 e. The maximum atomic E-state index is 13.8. The van der Waals surface area contributed by atoms with Crippen LogP contribution in [0.4, 0.5) is 18.9 Å². The molecule has 0 amide bonds. The van der Waals surface area contributed by atoms with Crippen LogP contribution in [0, 0.1) is 0 Å². The van der Waals surface area contributed by atoms with E-state index in [0.717, 1.165) is 0 Å². The number of rotatable bonds is 2. The largest absolute Gasteiger partial charge is 0.438 e. The quantitative estimate of drug-likeness (QED) is 0.751. The Morgan fingerprint density at radius 3 is 2.42 bits per heavy atom. The van der Waals surface area contributed by atoms with Gasteiger partial charge in [0.2, 0.25) is 0 Å². The summed E-state index contributed by atoms with van der Waals surface area (Å²) in [6.45, 7) is 0. The third kappa shape index (κ3) is 2.52. The molecule has 1 atom stereocenters. The molecule has 132 valence electrons. The van der Waals surface area contributed by atoms with E-state index in [1.807, 2.05) is 0 Å². The molecular formula is C19H14F3N3O. The summed E-state index contributed by atoms with van der Waals surface area (Å²) in [7, 11) is 0. The molecule has 0 spiro atoms. The predicted molar refractivity (Wildman–Crippen MR) is 92.8 cm³/mol. The zero-order chi connectivity index (χ0) is 18.4. The third-order valence-electron chi connectivity index (χ3n) is 4.39. The number of fused-ring (bicyclic) bond motifs is 1. The Morgan fingerprint density at radius 1 is 0.962 bits per heavy atom. The first kappa shape index (κ1) is 16.5. The summed E-state index contributed by atoms with van der Waals surface area (Å²) in [6.07, 6.45) is -4.07. The van der Waals surface area contributed by atoms with Crippen molar-refractivity contribution < 1.29 is 18.3 Å². The molecule has 0 saturated carbocycles. The Labute approximate surface area is 147 Å². The van der Waals surface area contributed by atoms with E-state index < -0.39 is 18.3 Å². The fourth-order valence-corrected chi connectivity index (χ4v) is 3.07. The van der Waals surface area contributed by atoms with Crippen molar-refractivity contribution in [2.75, 3.05) is 5.01 Å². The molecule has 0 aliphatic carbocycles. The van der Waals surface area contributed by atoms with Crippen molar-refractivity contribution in [2.24, 2.45) is 5.10 Å². The average molecular weight is 357 g/mol. The molecule has 1 aromatic heterocycles. The van der Waals surface area contributed by atoms with Gasteiger partial charge >= 0.3 is 6.18 Å². The van der Waals surface area contributed by atoms with Crippen molar-refractivity contribution >= 4 is 22.3 Å². The Balaban J connectivity index is 1.91. The maximum absolute atomic E-state index is 13.8. The number of halogens is 3. The number of pyridine rings is 1. The van der Waals surface area contributed by atoms with E-state index in [1.165, 1.54) is 12.3 Å². The first-order valence-electron chi connectivity index (χ1n) is 7.96. The summed E-state index contributed by atoms with van der Waals surface area (Å²) in [6, 6.07) is 16.8. The van der Waals surface area contributed by atoms with Gasteiger partial charge in [0.25, 0.3) is 5.72 Å². The average Bonchev–Trinajstić information content (AvgIpc) is 3.01. The van der Waals surface area contributed by atoms with Gasteiger partial charge in [0.1, 0.15) is 0 Å². The molecule has 26 heavy (non-hydrogen) atoms. The number of hydrogen-bond acceptors (Lipinski definition) is 4. The molecule has 0 fully saturated rings. The zero-order valence-corrected chi connectivity index (χ0v) is 13.5. The molecule has 0 radical (unpaired) electrons. The standard InChI is InChI=1S/C19H14F3N3O/c20-19(21,22)18(26)12-15(13-6-2-1-3-7-13)24-25(18)16-10-4-8-14-9-5-11-23-17(14)16/h1-11,26H,12H2/t18-/m1/s1. The lowest BCUT2D eigenvalue weighted by molar-refractivity contribution is -0.254. The molecule has 0 unspecified atom stereocenters. The number of aliphatic hydroxyl groups is 1. The summed E-state index contributed by atoms with van der Waals surface area (Å²) >= 11 is 0. The van der Waals surface area contributed by atoms with Crippen LogP contribution in [0.5, 0.6) is 0 Å². The SMILES string of the molecule is O[C@@]1(C(F)(F)F)CC(c2ccccc2)=NN1c1cccc2cccnc12. The summed E-state index contributed by atoms with van der Waals surface area (Å²) in [5.74, 6) is 0. The topological polar surface area (TPSA) is 48.7 Å². The van der Waals surface area contributed by atoms with Gasteiger partial charge in [0, 0.05) is 11.6 Å². The van der Waals surface area contributed by atoms with Crippen LogP contribution in [0.2, 0.25) is 0 Å². The minimum absolute atomic E-state index is 0.105. The highest BCUT2D eigenvalue weighted by Gasteiger charge is 2.62. The molecule has 0 bridgehead atoms. The van der Waals surface area contributed by atoms with Gasteiger partial charge in [-0.15, -0.1) is 0 Å². The van der Waals surface area contributed by atoms with Crippen LogP contribution >= 0.6 is 0 Å². The van der Waals surface area contributed by atoms with Crippen LogP contribution in [-0.4, -0.2) is 27.7 Å². The van der Waals surface area contributed by atoms with Crippen LogP contribution in [0.15, 0.2) is 72.0 Å². The Kier molecular flexibility index (Phi) is 3.69. The molecular weight excluding hydrogens is 343 g/mol. The van der Waals surface area contributed by atoms with E-state index in [0.29, 0.717) is 21.5 Å². The van der Waals surface area contributed by atoms with Gasteiger partial charge in [0.05, 0.1) is 23.3 Å². The number of nitrogens with zero attached hydrogens (tertiary/aromatic N) is 3. The van der Waals surface area contributed by atoms with E-state index in [4.69, 9.17) is 0 Å². The summed E-state index contributed by atoms with van der Waals surface area (Å²) < 4.78 is 41.4. The van der Waals surface area contributed by atoms with Gasteiger partial charge < -0.3 is 5.11 Å². The molecule has 2 heterocycles. The first-order chi connectivity index (χ1) is 12.4. The molecule has 4 rings (SSSR count). The minimum atomic E-state index is -4.90. The number of hydrazone groups is 1. The summed E-state index contributed by atoms with van der Waals surface area (Å²) in [5.41, 5.74) is -1.99. The van der Waals surface area contributed by atoms with Crippen LogP contribution < -0.4 is 5.01 Å². The Bertz CT molecular complexity index is 983. The molecule has 7 heteroatoms. The molecule has 0 saturated heterocycles. The molecule has 4 nitrogen and oxygen atoms in total. The molecule has 3 aromatic rings. The Hall–Kier alpha value is -2.93. The van der Waals surface area contributed by atoms with Crippen LogP contribution in [0.1, 0.15) is 12.0 Å². The third-order valence-corrected chi connectivity index (χ3v) is 4.39. The van der Waals surface area contributed by atoms with Crippen LogP contribution in [-0.2, 0) is 0 Å². The van der Waals surface area contributed by atoms with Crippen molar-refractivity contribution in [2.45, 2.75) is 18.3 Å². The van der Waals surface area contributed by atoms with Gasteiger partial charge in [-0.05, 0) is 17.7 Å². The predicted octanol–water partition coefficient (Wildman–Crippen LogP) is 4.10. The van der Waals surface area contributed by atoms with Crippen molar-refractivity contribution in [1.29, 1.82) is 0 Å². The molecule has 1 aliphatic rings. The highest BCUT2D eigenvalue weighted by molar-refractivity contribution is 6.04. The molecule has 1 N–H and O–H groups in total. The lowest BCUT2D eigenvalue weighted by Gasteiger charge is -2.34. The van der Waals surface area contributed by atoms with Gasteiger partial charge in [-0.1, -0.05) is 48.5 Å². The smallest absolute Gasteiger partial charge is 0.362 e. The van der Waals surface area contributed by atoms with E-state index in [-0.39, 0.29) is 11.4 Å². The Morgan fingerprint density at radius 2 is 1.69 bits per heavy atom. The number of para-hydroxylation sites is 1. The second kappa shape index (κ2) is 5.81. The monoisotopic (exact) mass is 357 g/mol. The number of anilines is 1. The van der Waals surface area contributed by atoms with E-state index in [2.05, 4.69) is 10.1 Å². The number of benzene rings is 2. The van der Waals surface area contributed by atoms with Crippen LogP contribution in [0.3, 0.4) is 0 Å². The second-order valence-electron chi connectivity index (χ2n) is 6.07. The number of alkyl halides is 3. The summed E-state index contributed by atoms with van der Waals surface area (Å²) in [4.78, 5) is 4.18. The van der Waals surface area contributed by atoms with Gasteiger partial charge in [-0.25, -0.2) is 5.01 Å². The van der Waals surface area contributed by atoms with Gasteiger partial charge in [-0.2, -0.15) is 18.3 Å². The lowest BCUT2D eigenvalue weighted by Crippen LogP contribution is -2.55. The lowest BCUT2D eigenvalue weighted by atomic mass is 10.0. The van der Waals surface area contributed by atoms with Crippen molar-refractivity contribution in [3.05, 3.63) is 72.4 Å². The van der Waals surface area contributed by atoms with Gasteiger partial charge in [0.15, 0.2) is 0 Å². The van der Waals surface area contributed by atoms with Gasteiger partial charge in [-0.3, -0.25) is 4.98 Å². The number of aromatic nitrogens is 1. The highest BCUT2D eigenvalue weighted by atomic mass is 19.4. The fraction of sp³-hybridized carbons (Fsp3) is 0.158. The van der Waals surface area contributed by atoms with E-state index in [9.17, 15) is 18.3 Å². The highest BCUT2D eigenvalue weighted by Crippen LogP contribution is 2.45. The van der Waals surface area contributed by atoms with E-state index >= 15 is 0 Å². The van der Waals surface area contributed by atoms with Crippen molar-refractivity contribution in [1.82, 2.24) is 4.98 Å². The van der Waals surface area contributed by atoms with Crippen molar-refractivity contribution in [3.63, 3.8) is 0 Å². The fourth-order valence-electron chi connectivity index (χ4n) is 3.07. The van der Waals surface area contributed by atoms with E-state index in [1.54, 1.807) is 54.6 Å². The van der Waals surface area contributed by atoms with Crippen LogP contribution in [0.25, 0.3) is 10.9 Å². The number of hydrogen-bond donors (Lipinski definition) is 1. The molecule has 2 aromatic carbocycles.